The summed E-state index contributed by atoms with van der Waals surface area (Å²) in [6, 6.07) is 12.8. The molecule has 106 valence electrons. The number of aromatic nitrogens is 1. The second kappa shape index (κ2) is 7.41. The van der Waals surface area contributed by atoms with Crippen molar-refractivity contribution in [2.24, 2.45) is 0 Å². The van der Waals surface area contributed by atoms with Crippen LogP contribution >= 0.6 is 15.9 Å². The molecular formula is C16H20BrN3. The maximum atomic E-state index is 5.93. The number of anilines is 1. The molecule has 3 nitrogen and oxygen atoms in total. The molecule has 0 saturated heterocycles. The minimum Gasteiger partial charge on any atom is -0.383 e. The van der Waals surface area contributed by atoms with Crippen LogP contribution in [0.2, 0.25) is 0 Å². The number of benzene rings is 1. The average Bonchev–Trinajstić information content (AvgIpc) is 2.44. The fraction of sp³-hybridized carbons (Fsp3) is 0.312. The summed E-state index contributed by atoms with van der Waals surface area (Å²) < 4.78 is 1.11. The molecule has 0 aliphatic heterocycles. The number of pyridine rings is 1. The van der Waals surface area contributed by atoms with E-state index in [-0.39, 0.29) is 0 Å². The topological polar surface area (TPSA) is 50.9 Å². The molecule has 1 heterocycles. The fourth-order valence-electron chi connectivity index (χ4n) is 2.30. The van der Waals surface area contributed by atoms with Gasteiger partial charge in [-0.05, 0) is 48.7 Å². The summed E-state index contributed by atoms with van der Waals surface area (Å²) in [7, 11) is 0. The summed E-state index contributed by atoms with van der Waals surface area (Å²) in [5, 5.41) is 3.53. The fourth-order valence-corrected chi connectivity index (χ4v) is 2.56. The van der Waals surface area contributed by atoms with Crippen molar-refractivity contribution in [2.75, 3.05) is 12.3 Å². The molecular weight excluding hydrogens is 314 g/mol. The number of nitrogen functional groups attached to an aromatic ring is 1. The zero-order valence-corrected chi connectivity index (χ0v) is 13.2. The predicted octanol–water partition coefficient (Wildman–Crippen LogP) is 3.19. The SMILES string of the molecule is CCNC(Cc1ccc(Br)cc1)Cc1cccnc1N. The maximum Gasteiger partial charge on any atom is 0.126 e. The molecule has 20 heavy (non-hydrogen) atoms. The van der Waals surface area contributed by atoms with Crippen LogP contribution in [0.25, 0.3) is 0 Å². The average molecular weight is 334 g/mol. The summed E-state index contributed by atoms with van der Waals surface area (Å²) in [6.07, 6.45) is 3.61. The Morgan fingerprint density at radius 1 is 1.20 bits per heavy atom. The van der Waals surface area contributed by atoms with Gasteiger partial charge >= 0.3 is 0 Å². The Hall–Kier alpha value is -1.39. The van der Waals surface area contributed by atoms with Crippen LogP contribution in [0.3, 0.4) is 0 Å². The van der Waals surface area contributed by atoms with Crippen LogP contribution in [0.4, 0.5) is 5.82 Å². The third-order valence-corrected chi connectivity index (χ3v) is 3.81. The smallest absolute Gasteiger partial charge is 0.126 e. The van der Waals surface area contributed by atoms with Crippen LogP contribution in [-0.2, 0) is 12.8 Å². The van der Waals surface area contributed by atoms with Crippen LogP contribution in [0, 0.1) is 0 Å². The number of nitrogens with two attached hydrogens (primary N) is 1. The zero-order valence-electron chi connectivity index (χ0n) is 11.6. The highest BCUT2D eigenvalue weighted by Crippen LogP contribution is 2.15. The van der Waals surface area contributed by atoms with E-state index in [1.807, 2.05) is 12.1 Å². The van der Waals surface area contributed by atoms with E-state index < -0.39 is 0 Å². The van der Waals surface area contributed by atoms with E-state index in [1.165, 1.54) is 5.56 Å². The molecule has 0 amide bonds. The molecule has 1 atom stereocenters. The van der Waals surface area contributed by atoms with Gasteiger partial charge in [-0.15, -0.1) is 0 Å². The minimum atomic E-state index is 0.368. The van der Waals surface area contributed by atoms with Gasteiger partial charge in [0.25, 0.3) is 0 Å². The summed E-state index contributed by atoms with van der Waals surface area (Å²) >= 11 is 3.47. The third-order valence-electron chi connectivity index (χ3n) is 3.28. The molecule has 0 radical (unpaired) electrons. The number of rotatable bonds is 6. The Morgan fingerprint density at radius 2 is 1.95 bits per heavy atom. The molecule has 1 aromatic heterocycles. The molecule has 0 fully saturated rings. The van der Waals surface area contributed by atoms with Crippen molar-refractivity contribution >= 4 is 21.7 Å². The van der Waals surface area contributed by atoms with Gasteiger partial charge in [-0.25, -0.2) is 4.98 Å². The first-order valence-corrected chi connectivity index (χ1v) is 7.65. The van der Waals surface area contributed by atoms with Crippen molar-refractivity contribution < 1.29 is 0 Å². The van der Waals surface area contributed by atoms with E-state index in [0.717, 1.165) is 29.4 Å². The Bertz CT molecular complexity index is 540. The number of halogens is 1. The van der Waals surface area contributed by atoms with Gasteiger partial charge in [0.2, 0.25) is 0 Å². The molecule has 2 aromatic rings. The Labute approximate surface area is 128 Å². The van der Waals surface area contributed by atoms with Crippen LogP contribution in [0.1, 0.15) is 18.1 Å². The molecule has 0 spiro atoms. The summed E-state index contributed by atoms with van der Waals surface area (Å²) in [5.74, 6) is 0.631. The molecule has 0 aliphatic rings. The van der Waals surface area contributed by atoms with Crippen molar-refractivity contribution in [3.63, 3.8) is 0 Å². The zero-order chi connectivity index (χ0) is 14.4. The van der Waals surface area contributed by atoms with Gasteiger partial charge in [0, 0.05) is 16.7 Å². The van der Waals surface area contributed by atoms with E-state index in [4.69, 9.17) is 5.73 Å². The Balaban J connectivity index is 2.07. The van der Waals surface area contributed by atoms with Gasteiger partial charge in [-0.3, -0.25) is 0 Å². The number of hydrogen-bond donors (Lipinski definition) is 2. The van der Waals surface area contributed by atoms with Crippen molar-refractivity contribution in [1.82, 2.24) is 10.3 Å². The van der Waals surface area contributed by atoms with E-state index in [2.05, 4.69) is 57.4 Å². The number of nitrogens with zero attached hydrogens (tertiary/aromatic N) is 1. The standard InChI is InChI=1S/C16H20BrN3/c1-2-19-15(10-12-5-7-14(17)8-6-12)11-13-4-3-9-20-16(13)18/h3-9,15,19H,2,10-11H2,1H3,(H2,18,20). The highest BCUT2D eigenvalue weighted by molar-refractivity contribution is 9.10. The molecule has 3 N–H and O–H groups in total. The molecule has 0 saturated carbocycles. The molecule has 4 heteroatoms. The normalized spacial score (nSPS) is 12.3. The van der Waals surface area contributed by atoms with Crippen LogP contribution in [-0.4, -0.2) is 17.6 Å². The molecule has 1 unspecified atom stereocenters. The molecule has 2 rings (SSSR count). The van der Waals surface area contributed by atoms with E-state index in [1.54, 1.807) is 6.20 Å². The van der Waals surface area contributed by atoms with E-state index in [0.29, 0.717) is 11.9 Å². The monoisotopic (exact) mass is 333 g/mol. The lowest BCUT2D eigenvalue weighted by Gasteiger charge is -2.18. The van der Waals surface area contributed by atoms with E-state index >= 15 is 0 Å². The lowest BCUT2D eigenvalue weighted by atomic mass is 9.99. The quantitative estimate of drug-likeness (QED) is 0.853. The van der Waals surface area contributed by atoms with Gasteiger partial charge in [0.05, 0.1) is 0 Å². The number of hydrogen-bond acceptors (Lipinski definition) is 3. The summed E-state index contributed by atoms with van der Waals surface area (Å²) in [6.45, 7) is 3.07. The van der Waals surface area contributed by atoms with Crippen LogP contribution < -0.4 is 11.1 Å². The number of likely N-dealkylation sites (N-methyl/N-ethyl adjacent to an activating group) is 1. The lowest BCUT2D eigenvalue weighted by Crippen LogP contribution is -2.33. The van der Waals surface area contributed by atoms with Crippen molar-refractivity contribution in [2.45, 2.75) is 25.8 Å². The Morgan fingerprint density at radius 3 is 2.60 bits per heavy atom. The maximum absolute atomic E-state index is 5.93. The third kappa shape index (κ3) is 4.32. The van der Waals surface area contributed by atoms with E-state index in [9.17, 15) is 0 Å². The Kier molecular flexibility index (Phi) is 5.56. The second-order valence-electron chi connectivity index (χ2n) is 4.84. The van der Waals surface area contributed by atoms with Gasteiger partial charge < -0.3 is 11.1 Å². The van der Waals surface area contributed by atoms with Crippen molar-refractivity contribution in [1.29, 1.82) is 0 Å². The molecule has 1 aromatic carbocycles. The summed E-state index contributed by atoms with van der Waals surface area (Å²) in [4.78, 5) is 4.15. The second-order valence-corrected chi connectivity index (χ2v) is 5.75. The predicted molar refractivity (Wildman–Crippen MR) is 87.7 cm³/mol. The first-order chi connectivity index (χ1) is 9.69. The van der Waals surface area contributed by atoms with Gasteiger partial charge in [-0.2, -0.15) is 0 Å². The van der Waals surface area contributed by atoms with Gasteiger partial charge in [0.1, 0.15) is 5.82 Å². The highest BCUT2D eigenvalue weighted by atomic mass is 79.9. The van der Waals surface area contributed by atoms with Crippen LogP contribution in [0.5, 0.6) is 0 Å². The van der Waals surface area contributed by atoms with Crippen LogP contribution in [0.15, 0.2) is 47.1 Å². The van der Waals surface area contributed by atoms with Crippen molar-refractivity contribution in [3.05, 3.63) is 58.2 Å². The van der Waals surface area contributed by atoms with Gasteiger partial charge in [-0.1, -0.05) is 41.1 Å². The highest BCUT2D eigenvalue weighted by Gasteiger charge is 2.11. The molecule has 0 bridgehead atoms. The van der Waals surface area contributed by atoms with Gasteiger partial charge in [0.15, 0.2) is 0 Å². The molecule has 0 aliphatic carbocycles. The number of nitrogens with one attached hydrogen (secondary N) is 1. The minimum absolute atomic E-state index is 0.368. The summed E-state index contributed by atoms with van der Waals surface area (Å²) in [5.41, 5.74) is 8.36. The first kappa shape index (κ1) is 15.0. The first-order valence-electron chi connectivity index (χ1n) is 6.86. The lowest BCUT2D eigenvalue weighted by molar-refractivity contribution is 0.521. The largest absolute Gasteiger partial charge is 0.383 e. The van der Waals surface area contributed by atoms with Crippen molar-refractivity contribution in [3.8, 4) is 0 Å².